The number of halogens is 1. The number of carbonyl (C=O) groups excluding carboxylic acids is 3. The predicted octanol–water partition coefficient (Wildman–Crippen LogP) is 0.177. The molecule has 1 atom stereocenters. The fraction of sp³-hybridized carbons (Fsp3) is 0.238. The van der Waals surface area contributed by atoms with Gasteiger partial charge in [-0.2, -0.15) is 0 Å². The molecular weight excluding hydrogens is 435 g/mol. The van der Waals surface area contributed by atoms with Crippen LogP contribution in [0.2, 0.25) is 0 Å². The second-order valence-corrected chi connectivity index (χ2v) is 7.80. The SMILES string of the molecule is Cn1c(=O)c2cc(NC(=O)CN3C(=O)NC(C)(c4ccc(F)cc4)C3=O)cnc2n(C)c1=O. The summed E-state index contributed by atoms with van der Waals surface area (Å²) in [7, 11) is 2.79. The standard InChI is InChI=1S/C21H19FN6O5/c1-21(11-4-6-12(22)7-5-11)18(31)28(19(32)25-21)10-15(29)24-13-8-14-16(23-9-13)26(2)20(33)27(3)17(14)30/h4-9H,10H2,1-3H3,(H,24,29)(H,25,32). The molecule has 1 aliphatic heterocycles. The zero-order valence-electron chi connectivity index (χ0n) is 17.9. The lowest BCUT2D eigenvalue weighted by Gasteiger charge is -2.22. The summed E-state index contributed by atoms with van der Waals surface area (Å²) >= 11 is 0. The maximum absolute atomic E-state index is 13.2. The molecule has 1 saturated heterocycles. The van der Waals surface area contributed by atoms with Gasteiger partial charge < -0.3 is 10.6 Å². The Bertz CT molecular complexity index is 1440. The molecule has 2 N–H and O–H groups in total. The first-order chi connectivity index (χ1) is 15.5. The van der Waals surface area contributed by atoms with Gasteiger partial charge in [0.05, 0.1) is 17.3 Å². The van der Waals surface area contributed by atoms with Crippen molar-refractivity contribution in [1.82, 2.24) is 24.3 Å². The van der Waals surface area contributed by atoms with Gasteiger partial charge in [0.2, 0.25) is 5.91 Å². The third-order valence-electron chi connectivity index (χ3n) is 5.58. The Hall–Kier alpha value is -4.35. The van der Waals surface area contributed by atoms with E-state index in [0.29, 0.717) is 5.56 Å². The number of rotatable bonds is 4. The first kappa shape index (κ1) is 21.9. The summed E-state index contributed by atoms with van der Waals surface area (Å²) in [6.45, 7) is 0.871. The molecule has 1 aliphatic rings. The molecule has 11 nitrogen and oxygen atoms in total. The Morgan fingerprint density at radius 2 is 1.79 bits per heavy atom. The van der Waals surface area contributed by atoms with Gasteiger partial charge in [0.15, 0.2) is 0 Å². The third-order valence-corrected chi connectivity index (χ3v) is 5.58. The summed E-state index contributed by atoms with van der Waals surface area (Å²) in [6.07, 6.45) is 1.26. The molecule has 33 heavy (non-hydrogen) atoms. The van der Waals surface area contributed by atoms with Crippen LogP contribution in [-0.2, 0) is 29.2 Å². The summed E-state index contributed by atoms with van der Waals surface area (Å²) in [4.78, 5) is 67.1. The van der Waals surface area contributed by atoms with Gasteiger partial charge in [0, 0.05) is 14.1 Å². The van der Waals surface area contributed by atoms with E-state index < -0.39 is 47.0 Å². The van der Waals surface area contributed by atoms with E-state index in [1.807, 2.05) is 0 Å². The number of aryl methyl sites for hydroxylation is 1. The van der Waals surface area contributed by atoms with Gasteiger partial charge in [-0.25, -0.2) is 19.0 Å². The highest BCUT2D eigenvalue weighted by molar-refractivity contribution is 6.10. The van der Waals surface area contributed by atoms with Gasteiger partial charge >= 0.3 is 11.7 Å². The zero-order chi connectivity index (χ0) is 24.1. The smallest absolute Gasteiger partial charge is 0.323 e. The number of hydrogen-bond donors (Lipinski definition) is 2. The van der Waals surface area contributed by atoms with Crippen molar-refractivity contribution in [3.05, 3.63) is 68.7 Å². The highest BCUT2D eigenvalue weighted by Crippen LogP contribution is 2.28. The minimum absolute atomic E-state index is 0.108. The minimum Gasteiger partial charge on any atom is -0.323 e. The van der Waals surface area contributed by atoms with Crippen LogP contribution in [0, 0.1) is 5.82 Å². The molecule has 170 valence electrons. The molecule has 0 spiro atoms. The fourth-order valence-corrected chi connectivity index (χ4v) is 3.70. The van der Waals surface area contributed by atoms with E-state index in [1.54, 1.807) is 0 Å². The van der Waals surface area contributed by atoms with E-state index in [2.05, 4.69) is 15.6 Å². The highest BCUT2D eigenvalue weighted by atomic mass is 19.1. The largest absolute Gasteiger partial charge is 0.332 e. The lowest BCUT2D eigenvalue weighted by atomic mass is 9.92. The van der Waals surface area contributed by atoms with Crippen molar-refractivity contribution in [1.29, 1.82) is 0 Å². The lowest BCUT2D eigenvalue weighted by Crippen LogP contribution is -2.42. The van der Waals surface area contributed by atoms with Crippen LogP contribution >= 0.6 is 0 Å². The Labute approximate surface area is 185 Å². The van der Waals surface area contributed by atoms with Crippen LogP contribution in [0.25, 0.3) is 11.0 Å². The van der Waals surface area contributed by atoms with E-state index in [1.165, 1.54) is 62.1 Å². The van der Waals surface area contributed by atoms with Crippen molar-refractivity contribution in [2.75, 3.05) is 11.9 Å². The zero-order valence-corrected chi connectivity index (χ0v) is 17.9. The summed E-state index contributed by atoms with van der Waals surface area (Å²) in [5, 5.41) is 5.14. The Kier molecular flexibility index (Phi) is 5.07. The topological polar surface area (TPSA) is 135 Å². The lowest BCUT2D eigenvalue weighted by molar-refractivity contribution is -0.133. The van der Waals surface area contributed by atoms with E-state index in [0.717, 1.165) is 9.47 Å². The molecule has 3 aromatic rings. The van der Waals surface area contributed by atoms with E-state index in [9.17, 15) is 28.4 Å². The van der Waals surface area contributed by atoms with Crippen LogP contribution in [0.5, 0.6) is 0 Å². The second kappa shape index (κ2) is 7.65. The summed E-state index contributed by atoms with van der Waals surface area (Å²) < 4.78 is 15.4. The highest BCUT2D eigenvalue weighted by Gasteiger charge is 2.49. The number of nitrogens with one attached hydrogen (secondary N) is 2. The molecule has 1 aromatic carbocycles. The number of urea groups is 1. The average Bonchev–Trinajstić information content (AvgIpc) is 3.00. The van der Waals surface area contributed by atoms with E-state index in [4.69, 9.17) is 0 Å². The number of imide groups is 1. The van der Waals surface area contributed by atoms with Crippen molar-refractivity contribution < 1.29 is 18.8 Å². The van der Waals surface area contributed by atoms with Crippen LogP contribution < -0.4 is 21.9 Å². The number of anilines is 1. The van der Waals surface area contributed by atoms with Crippen molar-refractivity contribution in [3.8, 4) is 0 Å². The Morgan fingerprint density at radius 1 is 1.12 bits per heavy atom. The minimum atomic E-state index is -1.45. The van der Waals surface area contributed by atoms with Gasteiger partial charge in [-0.1, -0.05) is 12.1 Å². The monoisotopic (exact) mass is 454 g/mol. The van der Waals surface area contributed by atoms with Crippen molar-refractivity contribution in [3.63, 3.8) is 0 Å². The van der Waals surface area contributed by atoms with Crippen LogP contribution in [0.15, 0.2) is 46.1 Å². The van der Waals surface area contributed by atoms with Crippen molar-refractivity contribution in [2.24, 2.45) is 14.1 Å². The quantitative estimate of drug-likeness (QED) is 0.540. The molecule has 1 fully saturated rings. The predicted molar refractivity (Wildman–Crippen MR) is 115 cm³/mol. The number of nitrogens with zero attached hydrogens (tertiary/aromatic N) is 4. The molecule has 0 saturated carbocycles. The molecule has 4 rings (SSSR count). The summed E-state index contributed by atoms with van der Waals surface area (Å²) in [5.74, 6) is -1.87. The van der Waals surface area contributed by atoms with Crippen LogP contribution in [-0.4, -0.2) is 43.4 Å². The van der Waals surface area contributed by atoms with E-state index >= 15 is 0 Å². The van der Waals surface area contributed by atoms with Gasteiger partial charge in [0.25, 0.3) is 11.5 Å². The maximum atomic E-state index is 13.2. The summed E-state index contributed by atoms with van der Waals surface area (Å²) in [5.41, 5.74) is -1.92. The fourth-order valence-electron chi connectivity index (χ4n) is 3.70. The number of aromatic nitrogens is 3. The molecule has 0 aliphatic carbocycles. The van der Waals surface area contributed by atoms with Gasteiger partial charge in [0.1, 0.15) is 23.5 Å². The number of benzene rings is 1. The molecule has 1 unspecified atom stereocenters. The van der Waals surface area contributed by atoms with Gasteiger partial charge in [-0.15, -0.1) is 0 Å². The number of fused-ring (bicyclic) bond motifs is 1. The number of carbonyl (C=O) groups is 3. The Morgan fingerprint density at radius 3 is 2.45 bits per heavy atom. The van der Waals surface area contributed by atoms with Crippen molar-refractivity contribution >= 4 is 34.6 Å². The third kappa shape index (κ3) is 3.54. The maximum Gasteiger partial charge on any atom is 0.332 e. The first-order valence-corrected chi connectivity index (χ1v) is 9.78. The average molecular weight is 454 g/mol. The molecule has 2 aromatic heterocycles. The number of pyridine rings is 1. The molecule has 0 radical (unpaired) electrons. The normalized spacial score (nSPS) is 18.0. The second-order valence-electron chi connectivity index (χ2n) is 7.80. The molecular formula is C21H19FN6O5. The Balaban J connectivity index is 1.55. The van der Waals surface area contributed by atoms with E-state index in [-0.39, 0.29) is 16.7 Å². The molecule has 12 heteroatoms. The molecule has 3 heterocycles. The van der Waals surface area contributed by atoms with Crippen molar-refractivity contribution in [2.45, 2.75) is 12.5 Å². The van der Waals surface area contributed by atoms with Crippen LogP contribution in [0.1, 0.15) is 12.5 Å². The van der Waals surface area contributed by atoms with Crippen LogP contribution in [0.3, 0.4) is 0 Å². The van der Waals surface area contributed by atoms with Crippen LogP contribution in [0.4, 0.5) is 14.9 Å². The molecule has 0 bridgehead atoms. The summed E-state index contributed by atoms with van der Waals surface area (Å²) in [6, 6.07) is 5.68. The molecule has 4 amide bonds. The van der Waals surface area contributed by atoms with Gasteiger partial charge in [-0.3, -0.25) is 28.4 Å². The number of amides is 4. The number of hydrogen-bond acceptors (Lipinski definition) is 6. The van der Waals surface area contributed by atoms with Gasteiger partial charge in [-0.05, 0) is 30.7 Å². The first-order valence-electron chi connectivity index (χ1n) is 9.78.